The normalized spacial score (nSPS) is 39.1. The van der Waals surface area contributed by atoms with E-state index in [1.165, 1.54) is 6.92 Å². The minimum atomic E-state index is -1.77. The molecule has 0 bridgehead atoms. The summed E-state index contributed by atoms with van der Waals surface area (Å²) >= 11 is 0. The van der Waals surface area contributed by atoms with E-state index in [9.17, 15) is 29.6 Å². The standard InChI is InChI=1S/C53H90FN5O10/c1-16-38-18-20-39(21-19-38)48(65-15)42(28-54)56-29-40(57-55-12)22-23-58(13)41-25-33(5)66-45(26-41)69-50-34(6)46(43-24-32(4)47(60)37(9)67-43)35(7)51(62)68-44(17-2)53(11,64)49(61)36(8)59(14)30-31(3)27-52(50,10)63/h1,18-21,29,31-37,41-50,55-57,60-61,63-64H,17,22-28,30H2,2-15H3/b40-29-/t31-,32+,33-,34+,35-,36-,37+,41+,42-,43-,44-,45+,46?,47-,48?,49-,50-,52-,53-/m1/s1. The number of aliphatic hydroxyl groups is 4. The summed E-state index contributed by atoms with van der Waals surface area (Å²) in [6.07, 6.45) is 3.85. The molecule has 0 aromatic heterocycles. The Kier molecular flexibility index (Phi) is 22.2. The summed E-state index contributed by atoms with van der Waals surface area (Å²) in [5.74, 6) is -0.0712. The summed E-state index contributed by atoms with van der Waals surface area (Å²) in [5, 5.41) is 50.6. The highest BCUT2D eigenvalue weighted by atomic mass is 19.1. The van der Waals surface area contributed by atoms with Crippen LogP contribution >= 0.6 is 0 Å². The third-order valence-electron chi connectivity index (χ3n) is 15.6. The summed E-state index contributed by atoms with van der Waals surface area (Å²) in [6, 6.07) is 6.18. The van der Waals surface area contributed by atoms with Gasteiger partial charge < -0.3 is 64.7 Å². The van der Waals surface area contributed by atoms with Crippen molar-refractivity contribution in [2.45, 2.75) is 192 Å². The predicted molar refractivity (Wildman–Crippen MR) is 266 cm³/mol. The van der Waals surface area contributed by atoms with Crippen LogP contribution in [0.3, 0.4) is 0 Å². The number of alkyl halides is 1. The minimum absolute atomic E-state index is 0.0290. The Balaban J connectivity index is 1.64. The first-order chi connectivity index (χ1) is 32.4. The van der Waals surface area contributed by atoms with Crippen molar-refractivity contribution in [3.8, 4) is 12.3 Å². The highest BCUT2D eigenvalue weighted by Crippen LogP contribution is 2.43. The number of nitrogens with zero attached hydrogens (tertiary/aromatic N) is 2. The average molecular weight is 976 g/mol. The molecule has 15 nitrogen and oxygen atoms in total. The van der Waals surface area contributed by atoms with Gasteiger partial charge in [-0.15, -0.1) is 6.42 Å². The van der Waals surface area contributed by atoms with Crippen LogP contribution in [0.4, 0.5) is 4.39 Å². The molecule has 16 heteroatoms. The summed E-state index contributed by atoms with van der Waals surface area (Å²) < 4.78 is 46.8. The molecule has 3 fully saturated rings. The van der Waals surface area contributed by atoms with E-state index in [0.717, 1.165) is 23.2 Å². The molecule has 394 valence electrons. The maximum atomic E-state index is 14.6. The van der Waals surface area contributed by atoms with Gasteiger partial charge in [0.25, 0.3) is 0 Å². The number of likely N-dealkylation sites (N-methyl/N-ethyl adjacent to an activating group) is 1. The molecule has 1 aromatic rings. The van der Waals surface area contributed by atoms with Crippen LogP contribution in [-0.2, 0) is 28.5 Å². The Morgan fingerprint density at radius 3 is 2.32 bits per heavy atom. The number of carbonyl (C=O) groups is 1. The molecule has 3 aliphatic rings. The SMILES string of the molecule is C#Cc1ccc(C(OC)[C@@H](CF)N/C=C(/CCN(C)[C@@H]2C[C@H](O[C@@H]3[C@@H](C)C([C@H]4C[C@H](C)[C@@H](O)[C@H](C)O4)[C@@H](C)C(=O)O[C@H](CC)[C@@](C)(O)[C@H](O)[C@@H](C)N(C)C[C@H](C)C[C@@]3(C)O)O[C@H](C)C2)NNC)cc1. The molecule has 19 atom stereocenters. The van der Waals surface area contributed by atoms with E-state index in [1.54, 1.807) is 34.2 Å². The smallest absolute Gasteiger partial charge is 0.309 e. The Labute approximate surface area is 413 Å². The number of rotatable bonds is 16. The molecule has 0 aliphatic carbocycles. The van der Waals surface area contributed by atoms with Crippen molar-refractivity contribution in [1.29, 1.82) is 0 Å². The predicted octanol–water partition coefficient (Wildman–Crippen LogP) is 5.06. The number of hydrogen-bond donors (Lipinski definition) is 7. The van der Waals surface area contributed by atoms with Crippen LogP contribution in [0.1, 0.15) is 125 Å². The molecule has 1 aromatic carbocycles. The first-order valence-corrected chi connectivity index (χ1v) is 25.4. The van der Waals surface area contributed by atoms with Crippen LogP contribution in [0.2, 0.25) is 0 Å². The number of methoxy groups -OCH3 is 1. The number of carbonyl (C=O) groups excluding carboxylic acids is 1. The highest BCUT2D eigenvalue weighted by Gasteiger charge is 2.52. The third kappa shape index (κ3) is 15.1. The lowest BCUT2D eigenvalue weighted by Gasteiger charge is -2.49. The molecule has 3 aliphatic heterocycles. The molecule has 0 saturated carbocycles. The lowest BCUT2D eigenvalue weighted by atomic mass is 9.69. The first-order valence-electron chi connectivity index (χ1n) is 25.4. The molecular weight excluding hydrogens is 886 g/mol. The number of hydrazine groups is 1. The number of cyclic esters (lactones) is 1. The van der Waals surface area contributed by atoms with Gasteiger partial charge in [-0.2, -0.15) is 0 Å². The molecule has 69 heavy (non-hydrogen) atoms. The molecule has 0 radical (unpaired) electrons. The van der Waals surface area contributed by atoms with Crippen LogP contribution in [0.25, 0.3) is 0 Å². The summed E-state index contributed by atoms with van der Waals surface area (Å²) in [7, 11) is 7.28. The van der Waals surface area contributed by atoms with Gasteiger partial charge in [-0.3, -0.25) is 4.79 Å². The first kappa shape index (κ1) is 58.6. The average Bonchev–Trinajstić information content (AvgIpc) is 3.30. The molecular formula is C53H90FN5O10. The summed E-state index contributed by atoms with van der Waals surface area (Å²) in [6.45, 7) is 19.1. The number of benzene rings is 1. The number of ether oxygens (including phenoxy) is 5. The van der Waals surface area contributed by atoms with E-state index in [0.29, 0.717) is 38.8 Å². The van der Waals surface area contributed by atoms with Gasteiger partial charge in [0.2, 0.25) is 0 Å². The number of esters is 1. The summed E-state index contributed by atoms with van der Waals surface area (Å²) in [4.78, 5) is 18.8. The van der Waals surface area contributed by atoms with E-state index in [-0.39, 0.29) is 30.4 Å². The van der Waals surface area contributed by atoms with Crippen LogP contribution in [0.15, 0.2) is 36.2 Å². The maximum Gasteiger partial charge on any atom is 0.309 e. The molecule has 7 N–H and O–H groups in total. The van der Waals surface area contributed by atoms with E-state index in [1.807, 2.05) is 77.8 Å². The highest BCUT2D eigenvalue weighted by molar-refractivity contribution is 5.73. The third-order valence-corrected chi connectivity index (χ3v) is 15.6. The van der Waals surface area contributed by atoms with E-state index >= 15 is 0 Å². The number of nitrogens with one attached hydrogen (secondary N) is 3. The van der Waals surface area contributed by atoms with Crippen LogP contribution in [-0.4, -0.2) is 163 Å². The van der Waals surface area contributed by atoms with Crippen molar-refractivity contribution < 1.29 is 53.3 Å². The molecule has 3 heterocycles. The molecule has 0 amide bonds. The topological polar surface area (TPSA) is 187 Å². The second kappa shape index (κ2) is 26.2. The second-order valence-electron chi connectivity index (χ2n) is 21.3. The number of terminal acetylenes is 1. The van der Waals surface area contributed by atoms with Crippen LogP contribution in [0.5, 0.6) is 0 Å². The largest absolute Gasteiger partial charge is 0.459 e. The van der Waals surface area contributed by atoms with Gasteiger partial charge in [-0.05, 0) is 110 Å². The van der Waals surface area contributed by atoms with Gasteiger partial charge in [0, 0.05) is 75.6 Å². The Bertz CT molecular complexity index is 1790. The summed E-state index contributed by atoms with van der Waals surface area (Å²) in [5.41, 5.74) is 5.33. The van der Waals surface area contributed by atoms with Crippen molar-refractivity contribution in [2.24, 2.45) is 29.6 Å². The fourth-order valence-electron chi connectivity index (χ4n) is 11.5. The van der Waals surface area contributed by atoms with Crippen molar-refractivity contribution >= 4 is 5.97 Å². The number of hydrogen-bond acceptors (Lipinski definition) is 15. The monoisotopic (exact) mass is 976 g/mol. The molecule has 2 unspecified atom stereocenters. The van der Waals surface area contributed by atoms with Gasteiger partial charge in [-0.1, -0.05) is 52.7 Å². The van der Waals surface area contributed by atoms with E-state index in [4.69, 9.17) is 30.1 Å². The Morgan fingerprint density at radius 1 is 1.07 bits per heavy atom. The zero-order chi connectivity index (χ0) is 51.5. The fraction of sp³-hybridized carbons (Fsp3) is 0.792. The van der Waals surface area contributed by atoms with Gasteiger partial charge in [0.1, 0.15) is 30.6 Å². The number of halogens is 1. The van der Waals surface area contributed by atoms with Crippen LogP contribution < -0.4 is 16.2 Å². The van der Waals surface area contributed by atoms with Crippen molar-refractivity contribution in [2.75, 3.05) is 48.0 Å². The molecule has 0 spiro atoms. The minimum Gasteiger partial charge on any atom is -0.459 e. The number of aliphatic hydroxyl groups excluding tert-OH is 2. The van der Waals surface area contributed by atoms with Gasteiger partial charge >= 0.3 is 5.97 Å². The van der Waals surface area contributed by atoms with Gasteiger partial charge in [-0.25, -0.2) is 9.82 Å². The van der Waals surface area contributed by atoms with Gasteiger partial charge in [0.15, 0.2) is 6.29 Å². The van der Waals surface area contributed by atoms with E-state index in [2.05, 4.69) is 41.0 Å². The molecule has 3 saturated heterocycles. The maximum absolute atomic E-state index is 14.6. The van der Waals surface area contributed by atoms with Crippen molar-refractivity contribution in [1.82, 2.24) is 26.0 Å². The van der Waals surface area contributed by atoms with Gasteiger partial charge in [0.05, 0.1) is 48.1 Å². The van der Waals surface area contributed by atoms with E-state index < -0.39 is 103 Å². The lowest BCUT2D eigenvalue weighted by Crippen LogP contribution is -2.59. The zero-order valence-electron chi connectivity index (χ0n) is 44.2. The fourth-order valence-corrected chi connectivity index (χ4v) is 11.5. The Hall–Kier alpha value is -2.92. The van der Waals surface area contributed by atoms with Crippen molar-refractivity contribution in [3.63, 3.8) is 0 Å². The quantitative estimate of drug-likeness (QED) is 0.0662. The Morgan fingerprint density at radius 2 is 1.74 bits per heavy atom. The zero-order valence-corrected chi connectivity index (χ0v) is 44.2. The second-order valence-corrected chi connectivity index (χ2v) is 21.3. The van der Waals surface area contributed by atoms with Crippen LogP contribution in [0, 0.1) is 41.9 Å². The van der Waals surface area contributed by atoms with Crippen molar-refractivity contribution in [3.05, 3.63) is 47.3 Å². The lowest BCUT2D eigenvalue weighted by molar-refractivity contribution is -0.270. The molecule has 4 rings (SSSR count).